The van der Waals surface area contributed by atoms with Gasteiger partial charge in [0.25, 0.3) is 0 Å². The number of carbonyl (C=O) groups excluding carboxylic acids is 1. The summed E-state index contributed by atoms with van der Waals surface area (Å²) in [5, 5.41) is 0. The highest BCUT2D eigenvalue weighted by Gasteiger charge is 2.29. The minimum Gasteiger partial charge on any atom is -0.473 e. The summed E-state index contributed by atoms with van der Waals surface area (Å²) >= 11 is 0. The van der Waals surface area contributed by atoms with Crippen molar-refractivity contribution in [1.82, 2.24) is 14.9 Å². The molecule has 0 spiro atoms. The Bertz CT molecular complexity index is 589. The van der Waals surface area contributed by atoms with Crippen LogP contribution in [-0.4, -0.2) is 66.9 Å². The molecule has 0 unspecified atom stereocenters. The summed E-state index contributed by atoms with van der Waals surface area (Å²) in [7, 11) is 3.44. The quantitative estimate of drug-likeness (QED) is 0.757. The topological polar surface area (TPSA) is 73.8 Å². The smallest absolute Gasteiger partial charge is 0.376 e. The lowest BCUT2D eigenvalue weighted by Crippen LogP contribution is -2.38. The van der Waals surface area contributed by atoms with Crippen molar-refractivity contribution in [1.29, 1.82) is 0 Å². The maximum Gasteiger partial charge on any atom is 0.376 e. The summed E-state index contributed by atoms with van der Waals surface area (Å²) < 4.78 is 16.3. The predicted molar refractivity (Wildman–Crippen MR) is 87.3 cm³/mol. The first-order valence-electron chi connectivity index (χ1n) is 8.50. The van der Waals surface area contributed by atoms with Crippen LogP contribution in [0.1, 0.15) is 48.4 Å². The first kappa shape index (κ1) is 17.1. The molecule has 2 aliphatic rings. The van der Waals surface area contributed by atoms with Crippen molar-refractivity contribution in [2.75, 3.05) is 33.9 Å². The Kier molecular flexibility index (Phi) is 5.30. The van der Waals surface area contributed by atoms with Gasteiger partial charge in [0.1, 0.15) is 6.10 Å². The number of methoxy groups -OCH3 is 1. The summed E-state index contributed by atoms with van der Waals surface area (Å²) in [5.74, 6) is 0.0958. The molecule has 3 atom stereocenters. The van der Waals surface area contributed by atoms with Gasteiger partial charge in [0, 0.05) is 24.6 Å². The molecule has 2 aliphatic heterocycles. The minimum absolute atomic E-state index is 0.00873. The van der Waals surface area contributed by atoms with Gasteiger partial charge in [0.05, 0.1) is 19.4 Å². The van der Waals surface area contributed by atoms with E-state index in [1.165, 1.54) is 13.5 Å². The van der Waals surface area contributed by atoms with Crippen LogP contribution >= 0.6 is 0 Å². The summed E-state index contributed by atoms with van der Waals surface area (Å²) in [5.41, 5.74) is 0.782. The van der Waals surface area contributed by atoms with Crippen molar-refractivity contribution in [2.24, 2.45) is 0 Å². The van der Waals surface area contributed by atoms with Gasteiger partial charge in [-0.15, -0.1) is 0 Å². The number of esters is 1. The minimum atomic E-state index is -0.550. The molecule has 0 N–H and O–H groups in total. The molecule has 2 fully saturated rings. The fourth-order valence-corrected chi connectivity index (χ4v) is 3.46. The number of aromatic nitrogens is 2. The Balaban J connectivity index is 1.82. The van der Waals surface area contributed by atoms with Gasteiger partial charge in [0.15, 0.2) is 0 Å². The molecule has 0 amide bonds. The van der Waals surface area contributed by atoms with Gasteiger partial charge < -0.3 is 14.2 Å². The Hall–Kier alpha value is -1.73. The molecular formula is C17H25N3O4. The third kappa shape index (κ3) is 3.67. The lowest BCUT2D eigenvalue weighted by molar-refractivity contribution is 0.0581. The van der Waals surface area contributed by atoms with Crippen molar-refractivity contribution in [3.63, 3.8) is 0 Å². The van der Waals surface area contributed by atoms with Crippen LogP contribution in [0.3, 0.4) is 0 Å². The zero-order valence-corrected chi connectivity index (χ0v) is 14.5. The van der Waals surface area contributed by atoms with E-state index in [9.17, 15) is 4.79 Å². The molecule has 1 aromatic rings. The van der Waals surface area contributed by atoms with Crippen LogP contribution in [-0.2, 0) is 9.47 Å². The summed E-state index contributed by atoms with van der Waals surface area (Å²) in [6.45, 7) is 4.45. The Labute approximate surface area is 142 Å². The first-order chi connectivity index (χ1) is 11.6. The molecule has 7 nitrogen and oxygen atoms in total. The average molecular weight is 335 g/mol. The van der Waals surface area contributed by atoms with Crippen molar-refractivity contribution < 1.29 is 19.0 Å². The van der Waals surface area contributed by atoms with E-state index in [2.05, 4.69) is 21.9 Å². The van der Waals surface area contributed by atoms with Crippen molar-refractivity contribution in [3.8, 4) is 5.88 Å². The second-order valence-corrected chi connectivity index (χ2v) is 6.52. The van der Waals surface area contributed by atoms with E-state index in [1.807, 2.05) is 13.0 Å². The molecule has 0 radical (unpaired) electrons. The van der Waals surface area contributed by atoms with Gasteiger partial charge in [-0.1, -0.05) is 0 Å². The number of likely N-dealkylation sites (tertiary alicyclic amines) is 1. The molecule has 3 heterocycles. The molecule has 0 aromatic carbocycles. The number of carbonyl (C=O) groups is 1. The number of hydrogen-bond donors (Lipinski definition) is 0. The third-order valence-electron chi connectivity index (χ3n) is 4.86. The van der Waals surface area contributed by atoms with E-state index in [-0.39, 0.29) is 17.8 Å². The fraction of sp³-hybridized carbons (Fsp3) is 0.706. The van der Waals surface area contributed by atoms with Crippen LogP contribution in [0.15, 0.2) is 6.07 Å². The highest BCUT2D eigenvalue weighted by Crippen LogP contribution is 2.27. The molecule has 132 valence electrons. The Morgan fingerprint density at radius 2 is 2.25 bits per heavy atom. The van der Waals surface area contributed by atoms with Gasteiger partial charge >= 0.3 is 5.97 Å². The van der Waals surface area contributed by atoms with E-state index in [0.717, 1.165) is 25.1 Å². The van der Waals surface area contributed by atoms with E-state index in [0.29, 0.717) is 25.1 Å². The molecular weight excluding hydrogens is 310 g/mol. The number of ether oxygens (including phenoxy) is 3. The zero-order valence-electron chi connectivity index (χ0n) is 14.5. The summed E-state index contributed by atoms with van der Waals surface area (Å²) in [6, 6.07) is 2.19. The number of nitrogens with zero attached hydrogens (tertiary/aromatic N) is 3. The molecule has 1 aromatic heterocycles. The van der Waals surface area contributed by atoms with Crippen molar-refractivity contribution in [2.45, 2.75) is 44.2 Å². The molecule has 0 saturated carbocycles. The molecule has 2 saturated heterocycles. The highest BCUT2D eigenvalue weighted by atomic mass is 16.5. The van der Waals surface area contributed by atoms with Crippen LogP contribution in [0.4, 0.5) is 0 Å². The van der Waals surface area contributed by atoms with E-state index >= 15 is 0 Å². The van der Waals surface area contributed by atoms with E-state index in [4.69, 9.17) is 14.2 Å². The highest BCUT2D eigenvalue weighted by molar-refractivity contribution is 5.85. The van der Waals surface area contributed by atoms with Crippen LogP contribution in [0, 0.1) is 0 Å². The van der Waals surface area contributed by atoms with Crippen LogP contribution in [0.25, 0.3) is 0 Å². The van der Waals surface area contributed by atoms with Crippen molar-refractivity contribution in [3.05, 3.63) is 17.6 Å². The van der Waals surface area contributed by atoms with Crippen LogP contribution in [0.2, 0.25) is 0 Å². The van der Waals surface area contributed by atoms with Gasteiger partial charge in [-0.05, 0) is 39.8 Å². The molecule has 0 aliphatic carbocycles. The number of likely N-dealkylation sites (N-methyl/N-ethyl adjacent to an activating group) is 1. The maximum atomic E-state index is 11.9. The SMILES string of the molecule is COC(=O)c1nc(O[C@@H](C)[C@@H]2CCCN2C)cc([C@H]2CCOC2)n1. The van der Waals surface area contributed by atoms with Gasteiger partial charge in [0.2, 0.25) is 11.7 Å². The van der Waals surface area contributed by atoms with Gasteiger partial charge in [-0.3, -0.25) is 4.90 Å². The van der Waals surface area contributed by atoms with Crippen LogP contribution in [0.5, 0.6) is 5.88 Å². The predicted octanol–water partition coefficient (Wildman–Crippen LogP) is 1.63. The van der Waals surface area contributed by atoms with Crippen LogP contribution < -0.4 is 4.74 Å². The standard InChI is InChI=1S/C17H25N3O4/c1-11(14-5-4-7-20(14)2)24-15-9-13(12-6-8-23-10-12)18-16(19-15)17(21)22-3/h9,11-12,14H,4-8,10H2,1-3H3/t11-,12-,14-/m0/s1. The first-order valence-corrected chi connectivity index (χ1v) is 8.50. The second kappa shape index (κ2) is 7.44. The third-order valence-corrected chi connectivity index (χ3v) is 4.86. The molecule has 7 heteroatoms. The van der Waals surface area contributed by atoms with E-state index in [1.54, 1.807) is 0 Å². The number of hydrogen-bond acceptors (Lipinski definition) is 7. The lowest BCUT2D eigenvalue weighted by atomic mass is 10.0. The van der Waals surface area contributed by atoms with Gasteiger partial charge in [-0.25, -0.2) is 9.78 Å². The van der Waals surface area contributed by atoms with Gasteiger partial charge in [-0.2, -0.15) is 4.98 Å². The van der Waals surface area contributed by atoms with E-state index < -0.39 is 5.97 Å². The fourth-order valence-electron chi connectivity index (χ4n) is 3.46. The zero-order chi connectivity index (χ0) is 17.1. The number of rotatable bonds is 5. The Morgan fingerprint density at radius 3 is 2.88 bits per heavy atom. The maximum absolute atomic E-state index is 11.9. The second-order valence-electron chi connectivity index (χ2n) is 6.52. The lowest BCUT2D eigenvalue weighted by Gasteiger charge is -2.26. The largest absolute Gasteiger partial charge is 0.473 e. The molecule has 3 rings (SSSR count). The Morgan fingerprint density at radius 1 is 1.42 bits per heavy atom. The summed E-state index contributed by atoms with van der Waals surface area (Å²) in [6.07, 6.45) is 3.16. The monoisotopic (exact) mass is 335 g/mol. The molecule has 24 heavy (non-hydrogen) atoms. The normalized spacial score (nSPS) is 25.6. The molecule has 0 bridgehead atoms. The van der Waals surface area contributed by atoms with Crippen molar-refractivity contribution >= 4 is 5.97 Å². The average Bonchev–Trinajstić information content (AvgIpc) is 3.25. The summed E-state index contributed by atoms with van der Waals surface area (Å²) in [4.78, 5) is 22.8.